The van der Waals surface area contributed by atoms with Crippen molar-refractivity contribution < 1.29 is 13.2 Å². The van der Waals surface area contributed by atoms with Gasteiger partial charge in [-0.1, -0.05) is 18.2 Å². The molecule has 0 spiro atoms. The van der Waals surface area contributed by atoms with E-state index in [0.717, 1.165) is 11.3 Å². The van der Waals surface area contributed by atoms with Crippen LogP contribution in [0, 0.1) is 0 Å². The fourth-order valence-corrected chi connectivity index (χ4v) is 2.37. The topological polar surface area (TPSA) is 71.0 Å². The van der Waals surface area contributed by atoms with Gasteiger partial charge in [-0.3, -0.25) is 4.99 Å². The Morgan fingerprint density at radius 3 is 2.64 bits per heavy atom. The predicted molar refractivity (Wildman–Crippen MR) is 90.2 cm³/mol. The maximum absolute atomic E-state index is 11.2. The van der Waals surface area contributed by atoms with Crippen LogP contribution < -0.4 is 10.1 Å². The molecule has 1 aromatic carbocycles. The van der Waals surface area contributed by atoms with E-state index in [9.17, 15) is 8.42 Å². The largest absolute Gasteiger partial charge is 0.496 e. The minimum absolute atomic E-state index is 0.0460. The molecule has 1 N–H and O–H groups in total. The lowest BCUT2D eigenvalue weighted by Gasteiger charge is -2.23. The first-order valence-electron chi connectivity index (χ1n) is 7.16. The molecule has 0 atom stereocenters. The van der Waals surface area contributed by atoms with Gasteiger partial charge in [0.2, 0.25) is 0 Å². The van der Waals surface area contributed by atoms with Gasteiger partial charge in [0.05, 0.1) is 19.4 Å². The molecule has 1 aromatic rings. The number of guanidine groups is 1. The number of aliphatic imine (C=N–C) groups is 1. The van der Waals surface area contributed by atoms with Gasteiger partial charge in [0.25, 0.3) is 0 Å². The summed E-state index contributed by atoms with van der Waals surface area (Å²) >= 11 is 0. The van der Waals surface area contributed by atoms with Crippen LogP contribution in [-0.4, -0.2) is 58.5 Å². The van der Waals surface area contributed by atoms with Crippen molar-refractivity contribution in [3.8, 4) is 5.75 Å². The first-order valence-corrected chi connectivity index (χ1v) is 9.22. The van der Waals surface area contributed by atoms with Crippen molar-refractivity contribution in [3.05, 3.63) is 29.8 Å². The molecule has 0 aromatic heterocycles. The maximum Gasteiger partial charge on any atom is 0.193 e. The summed E-state index contributed by atoms with van der Waals surface area (Å²) in [6.07, 6.45) is 1.22. The van der Waals surface area contributed by atoms with E-state index in [0.29, 0.717) is 19.0 Å². The highest BCUT2D eigenvalue weighted by atomic mass is 32.2. The van der Waals surface area contributed by atoms with E-state index >= 15 is 0 Å². The van der Waals surface area contributed by atoms with Crippen LogP contribution in [0.5, 0.6) is 5.75 Å². The van der Waals surface area contributed by atoms with Gasteiger partial charge >= 0.3 is 0 Å². The monoisotopic (exact) mass is 327 g/mol. The summed E-state index contributed by atoms with van der Waals surface area (Å²) in [4.78, 5) is 6.31. The van der Waals surface area contributed by atoms with E-state index in [4.69, 9.17) is 4.74 Å². The Hall–Kier alpha value is -1.76. The number of hydrogen-bond acceptors (Lipinski definition) is 4. The third-order valence-electron chi connectivity index (χ3n) is 3.02. The van der Waals surface area contributed by atoms with Crippen molar-refractivity contribution in [2.75, 3.05) is 39.3 Å². The van der Waals surface area contributed by atoms with Crippen LogP contribution in [0.3, 0.4) is 0 Å². The molecule has 0 aliphatic carbocycles. The van der Waals surface area contributed by atoms with Crippen LogP contribution in [0.15, 0.2) is 29.3 Å². The molecule has 0 radical (unpaired) electrons. The SMILES string of the molecule is CCNC(=NCCS(C)(=O)=O)N(C)Cc1ccccc1OC. The molecule has 7 heteroatoms. The Balaban J connectivity index is 2.80. The molecule has 0 aliphatic rings. The molecular weight excluding hydrogens is 302 g/mol. The molecule has 0 aliphatic heterocycles. The van der Waals surface area contributed by atoms with Crippen LogP contribution in [0.4, 0.5) is 0 Å². The summed E-state index contributed by atoms with van der Waals surface area (Å²) in [5.74, 6) is 1.54. The van der Waals surface area contributed by atoms with Crippen molar-refractivity contribution >= 4 is 15.8 Å². The normalized spacial score (nSPS) is 12.1. The highest BCUT2D eigenvalue weighted by Crippen LogP contribution is 2.18. The lowest BCUT2D eigenvalue weighted by molar-refractivity contribution is 0.396. The van der Waals surface area contributed by atoms with E-state index < -0.39 is 9.84 Å². The first kappa shape index (κ1) is 18.3. The number of sulfone groups is 1. The minimum Gasteiger partial charge on any atom is -0.496 e. The van der Waals surface area contributed by atoms with Crippen LogP contribution in [0.25, 0.3) is 0 Å². The molecule has 6 nitrogen and oxygen atoms in total. The Bertz CT molecular complexity index is 600. The first-order chi connectivity index (χ1) is 10.4. The van der Waals surface area contributed by atoms with Gasteiger partial charge in [-0.2, -0.15) is 0 Å². The molecule has 0 unspecified atom stereocenters. The number of benzene rings is 1. The van der Waals surface area contributed by atoms with E-state index in [1.165, 1.54) is 6.26 Å². The van der Waals surface area contributed by atoms with Crippen LogP contribution in [0.1, 0.15) is 12.5 Å². The number of rotatable bonds is 7. The smallest absolute Gasteiger partial charge is 0.193 e. The van der Waals surface area contributed by atoms with Gasteiger partial charge < -0.3 is 15.0 Å². The summed E-state index contributed by atoms with van der Waals surface area (Å²) in [7, 11) is 0.551. The lowest BCUT2D eigenvalue weighted by Crippen LogP contribution is -2.38. The average molecular weight is 327 g/mol. The third kappa shape index (κ3) is 6.34. The molecule has 0 bridgehead atoms. The summed E-state index contributed by atoms with van der Waals surface area (Å²) in [6.45, 7) is 3.56. The number of para-hydroxylation sites is 1. The van der Waals surface area contributed by atoms with Crippen molar-refractivity contribution in [3.63, 3.8) is 0 Å². The quantitative estimate of drug-likeness (QED) is 0.601. The van der Waals surface area contributed by atoms with Crippen LogP contribution >= 0.6 is 0 Å². The van der Waals surface area contributed by atoms with Gasteiger partial charge in [0, 0.05) is 32.0 Å². The molecule has 0 heterocycles. The second-order valence-electron chi connectivity index (χ2n) is 5.03. The Kier molecular flexibility index (Phi) is 7.17. The Morgan fingerprint density at radius 2 is 2.05 bits per heavy atom. The fraction of sp³-hybridized carbons (Fsp3) is 0.533. The number of methoxy groups -OCH3 is 1. The molecule has 22 heavy (non-hydrogen) atoms. The molecule has 0 saturated carbocycles. The summed E-state index contributed by atoms with van der Waals surface area (Å²) in [6, 6.07) is 7.79. The van der Waals surface area contributed by atoms with Gasteiger partial charge in [0.1, 0.15) is 15.6 Å². The Morgan fingerprint density at radius 1 is 1.36 bits per heavy atom. The number of nitrogens with one attached hydrogen (secondary N) is 1. The van der Waals surface area contributed by atoms with Crippen LogP contribution in [0.2, 0.25) is 0 Å². The zero-order valence-electron chi connectivity index (χ0n) is 13.7. The highest BCUT2D eigenvalue weighted by Gasteiger charge is 2.10. The molecule has 0 amide bonds. The van der Waals surface area contributed by atoms with Crippen LogP contribution in [-0.2, 0) is 16.4 Å². The van der Waals surface area contributed by atoms with E-state index in [-0.39, 0.29) is 12.3 Å². The fourth-order valence-electron chi connectivity index (χ4n) is 1.95. The van der Waals surface area contributed by atoms with Crippen molar-refractivity contribution in [1.82, 2.24) is 10.2 Å². The van der Waals surface area contributed by atoms with Crippen molar-refractivity contribution in [2.45, 2.75) is 13.5 Å². The second-order valence-corrected chi connectivity index (χ2v) is 7.29. The van der Waals surface area contributed by atoms with Crippen molar-refractivity contribution in [1.29, 1.82) is 0 Å². The summed E-state index contributed by atoms with van der Waals surface area (Å²) < 4.78 is 27.7. The lowest BCUT2D eigenvalue weighted by atomic mass is 10.2. The minimum atomic E-state index is -3.00. The summed E-state index contributed by atoms with van der Waals surface area (Å²) in [5.41, 5.74) is 1.04. The maximum atomic E-state index is 11.2. The zero-order valence-corrected chi connectivity index (χ0v) is 14.5. The molecule has 124 valence electrons. The standard InChI is InChI=1S/C15H25N3O3S/c1-5-16-15(17-10-11-22(4,19)20)18(2)12-13-8-6-7-9-14(13)21-3/h6-9H,5,10-12H2,1-4H3,(H,16,17). The van der Waals surface area contributed by atoms with E-state index in [1.807, 2.05) is 43.1 Å². The zero-order chi connectivity index (χ0) is 16.6. The van der Waals surface area contributed by atoms with Gasteiger partial charge in [-0.05, 0) is 13.0 Å². The Labute approximate surface area is 133 Å². The average Bonchev–Trinajstić information content (AvgIpc) is 2.45. The van der Waals surface area contributed by atoms with Gasteiger partial charge in [-0.25, -0.2) is 8.42 Å². The van der Waals surface area contributed by atoms with Gasteiger partial charge in [-0.15, -0.1) is 0 Å². The van der Waals surface area contributed by atoms with Gasteiger partial charge in [0.15, 0.2) is 5.96 Å². The number of nitrogens with zero attached hydrogens (tertiary/aromatic N) is 2. The number of hydrogen-bond donors (Lipinski definition) is 1. The predicted octanol–water partition coefficient (Wildman–Crippen LogP) is 1.14. The molecule has 0 saturated heterocycles. The van der Waals surface area contributed by atoms with Crippen molar-refractivity contribution in [2.24, 2.45) is 4.99 Å². The molecular formula is C15H25N3O3S. The second kappa shape index (κ2) is 8.63. The molecule has 0 fully saturated rings. The summed E-state index contributed by atoms with van der Waals surface area (Å²) in [5, 5.41) is 3.17. The van der Waals surface area contributed by atoms with E-state index in [1.54, 1.807) is 7.11 Å². The molecule has 1 rings (SSSR count). The number of ether oxygens (including phenoxy) is 1. The third-order valence-corrected chi connectivity index (χ3v) is 3.94. The van der Waals surface area contributed by atoms with E-state index in [2.05, 4.69) is 10.3 Å². The highest BCUT2D eigenvalue weighted by molar-refractivity contribution is 7.90.